The maximum absolute atomic E-state index is 15.0. The first-order valence-electron chi connectivity index (χ1n) is 12.7. The number of benzene rings is 3. The van der Waals surface area contributed by atoms with Gasteiger partial charge in [-0.15, -0.1) is 0 Å². The molecule has 0 radical (unpaired) electrons. The molecule has 0 spiro atoms. The van der Waals surface area contributed by atoms with E-state index in [4.69, 9.17) is 0 Å². The zero-order valence-electron chi connectivity index (χ0n) is 20.4. The van der Waals surface area contributed by atoms with Crippen molar-refractivity contribution in [1.29, 1.82) is 0 Å². The van der Waals surface area contributed by atoms with Crippen LogP contribution in [0.5, 0.6) is 0 Å². The molecule has 4 heteroatoms. The average molecular weight is 481 g/mol. The van der Waals surface area contributed by atoms with Crippen molar-refractivity contribution < 1.29 is 17.6 Å². The van der Waals surface area contributed by atoms with Crippen molar-refractivity contribution in [1.82, 2.24) is 0 Å². The predicted molar refractivity (Wildman–Crippen MR) is 136 cm³/mol. The third-order valence-corrected chi connectivity index (χ3v) is 7.36. The number of aryl methyl sites for hydroxylation is 1. The van der Waals surface area contributed by atoms with Gasteiger partial charge in [-0.3, -0.25) is 0 Å². The summed E-state index contributed by atoms with van der Waals surface area (Å²) >= 11 is 0. The van der Waals surface area contributed by atoms with Gasteiger partial charge >= 0.3 is 0 Å². The Labute approximate surface area is 205 Å². The van der Waals surface area contributed by atoms with E-state index in [1.807, 2.05) is 6.92 Å². The van der Waals surface area contributed by atoms with Crippen molar-refractivity contribution >= 4 is 12.2 Å². The summed E-state index contributed by atoms with van der Waals surface area (Å²) in [6.07, 6.45) is 9.51. The second-order valence-electron chi connectivity index (χ2n) is 9.60. The van der Waals surface area contributed by atoms with E-state index in [1.54, 1.807) is 54.6 Å². The molecule has 1 aliphatic rings. The van der Waals surface area contributed by atoms with Crippen LogP contribution in [0.4, 0.5) is 17.6 Å². The molecule has 0 unspecified atom stereocenters. The summed E-state index contributed by atoms with van der Waals surface area (Å²) in [5.74, 6) is -2.44. The van der Waals surface area contributed by atoms with E-state index in [0.717, 1.165) is 44.1 Å². The van der Waals surface area contributed by atoms with Crippen molar-refractivity contribution in [3.63, 3.8) is 0 Å². The molecular formula is C31H32F4. The molecule has 1 aliphatic carbocycles. The van der Waals surface area contributed by atoms with Crippen molar-refractivity contribution in [2.75, 3.05) is 0 Å². The molecule has 4 rings (SSSR count). The van der Waals surface area contributed by atoms with Crippen LogP contribution in [-0.4, -0.2) is 0 Å². The van der Waals surface area contributed by atoms with Crippen LogP contribution in [0.3, 0.4) is 0 Å². The lowest BCUT2D eigenvalue weighted by molar-refractivity contribution is 0.312. The van der Waals surface area contributed by atoms with Gasteiger partial charge in [0, 0.05) is 11.1 Å². The number of halogens is 4. The molecule has 1 fully saturated rings. The van der Waals surface area contributed by atoms with Crippen LogP contribution in [0.15, 0.2) is 48.5 Å². The molecule has 0 N–H and O–H groups in total. The zero-order chi connectivity index (χ0) is 24.9. The van der Waals surface area contributed by atoms with Crippen molar-refractivity contribution in [2.24, 2.45) is 5.92 Å². The highest BCUT2D eigenvalue weighted by atomic mass is 19.2. The predicted octanol–water partition coefficient (Wildman–Crippen LogP) is 9.72. The highest BCUT2D eigenvalue weighted by Crippen LogP contribution is 2.39. The first-order valence-corrected chi connectivity index (χ1v) is 12.7. The fourth-order valence-electron chi connectivity index (χ4n) is 5.14. The highest BCUT2D eigenvalue weighted by molar-refractivity contribution is 5.72. The van der Waals surface area contributed by atoms with Gasteiger partial charge in [-0.05, 0) is 66.2 Å². The van der Waals surface area contributed by atoms with Gasteiger partial charge in [0.25, 0.3) is 0 Å². The van der Waals surface area contributed by atoms with Crippen LogP contribution in [-0.2, 0) is 6.42 Å². The Bertz CT molecular complexity index is 1190. The van der Waals surface area contributed by atoms with Crippen LogP contribution < -0.4 is 0 Å². The summed E-state index contributed by atoms with van der Waals surface area (Å²) < 4.78 is 58.6. The van der Waals surface area contributed by atoms with Crippen LogP contribution in [0, 0.1) is 29.2 Å². The fourth-order valence-corrected chi connectivity index (χ4v) is 5.14. The quantitative estimate of drug-likeness (QED) is 0.233. The molecule has 184 valence electrons. The van der Waals surface area contributed by atoms with Crippen LogP contribution in [0.25, 0.3) is 23.3 Å². The maximum Gasteiger partial charge on any atom is 0.166 e. The summed E-state index contributed by atoms with van der Waals surface area (Å²) in [6, 6.07) is 13.5. The molecule has 0 saturated heterocycles. The Morgan fingerprint density at radius 1 is 0.714 bits per heavy atom. The van der Waals surface area contributed by atoms with Crippen molar-refractivity contribution in [3.8, 4) is 11.1 Å². The summed E-state index contributed by atoms with van der Waals surface area (Å²) in [5, 5.41) is 0. The van der Waals surface area contributed by atoms with Gasteiger partial charge in [0.15, 0.2) is 23.3 Å². The molecule has 3 aromatic carbocycles. The number of hydrogen-bond acceptors (Lipinski definition) is 0. The lowest BCUT2D eigenvalue weighted by Gasteiger charge is -2.28. The SMILES string of the molecule is CCCc1ccc(/C=C/c2ccc(-c3ccc(C4CCC(CC)CC4)c(F)c3F)cc2)c(F)c1F. The third-order valence-electron chi connectivity index (χ3n) is 7.36. The summed E-state index contributed by atoms with van der Waals surface area (Å²) in [6.45, 7) is 4.10. The topological polar surface area (TPSA) is 0 Å². The largest absolute Gasteiger partial charge is 0.203 e. The summed E-state index contributed by atoms with van der Waals surface area (Å²) in [4.78, 5) is 0. The second kappa shape index (κ2) is 11.2. The van der Waals surface area contributed by atoms with Gasteiger partial charge in [0.05, 0.1) is 0 Å². The highest BCUT2D eigenvalue weighted by Gasteiger charge is 2.26. The normalized spacial score (nSPS) is 18.3. The lowest BCUT2D eigenvalue weighted by atomic mass is 9.77. The number of hydrogen-bond donors (Lipinski definition) is 0. The molecule has 3 aromatic rings. The molecule has 0 nitrogen and oxygen atoms in total. The molecular weight excluding hydrogens is 448 g/mol. The van der Waals surface area contributed by atoms with E-state index >= 15 is 4.39 Å². The third kappa shape index (κ3) is 5.52. The van der Waals surface area contributed by atoms with Crippen molar-refractivity contribution in [3.05, 3.63) is 94.1 Å². The fraction of sp³-hybridized carbons (Fsp3) is 0.355. The smallest absolute Gasteiger partial charge is 0.166 e. The van der Waals surface area contributed by atoms with Crippen molar-refractivity contribution in [2.45, 2.75) is 64.7 Å². The lowest BCUT2D eigenvalue weighted by Crippen LogP contribution is -2.14. The van der Waals surface area contributed by atoms with E-state index in [9.17, 15) is 13.2 Å². The van der Waals surface area contributed by atoms with Crippen LogP contribution in [0.1, 0.15) is 80.5 Å². The van der Waals surface area contributed by atoms with Gasteiger partial charge in [-0.25, -0.2) is 17.6 Å². The molecule has 1 saturated carbocycles. The molecule has 35 heavy (non-hydrogen) atoms. The monoisotopic (exact) mass is 480 g/mol. The first kappa shape index (κ1) is 25.2. The van der Waals surface area contributed by atoms with E-state index in [0.29, 0.717) is 29.0 Å². The first-order chi connectivity index (χ1) is 16.9. The molecule has 0 heterocycles. The van der Waals surface area contributed by atoms with E-state index < -0.39 is 23.3 Å². The molecule has 0 bridgehead atoms. The second-order valence-corrected chi connectivity index (χ2v) is 9.60. The Morgan fingerprint density at radius 2 is 1.43 bits per heavy atom. The van der Waals surface area contributed by atoms with E-state index in [-0.39, 0.29) is 17.0 Å². The van der Waals surface area contributed by atoms with Crippen LogP contribution >= 0.6 is 0 Å². The minimum absolute atomic E-state index is 0.0788. The molecule has 0 aromatic heterocycles. The summed E-state index contributed by atoms with van der Waals surface area (Å²) in [5.41, 5.74) is 2.57. The minimum atomic E-state index is -0.857. The minimum Gasteiger partial charge on any atom is -0.203 e. The maximum atomic E-state index is 15.0. The van der Waals surface area contributed by atoms with E-state index in [1.165, 1.54) is 6.08 Å². The van der Waals surface area contributed by atoms with E-state index in [2.05, 4.69) is 6.92 Å². The van der Waals surface area contributed by atoms with Gasteiger partial charge in [-0.1, -0.05) is 87.4 Å². The molecule has 0 amide bonds. The average Bonchev–Trinajstić information content (AvgIpc) is 2.88. The van der Waals surface area contributed by atoms with Gasteiger partial charge in [0.1, 0.15) is 0 Å². The Morgan fingerprint density at radius 3 is 2.09 bits per heavy atom. The summed E-state index contributed by atoms with van der Waals surface area (Å²) in [7, 11) is 0. The van der Waals surface area contributed by atoms with Gasteiger partial charge < -0.3 is 0 Å². The Balaban J connectivity index is 1.50. The van der Waals surface area contributed by atoms with Gasteiger partial charge in [-0.2, -0.15) is 0 Å². The zero-order valence-corrected chi connectivity index (χ0v) is 20.4. The Kier molecular flexibility index (Phi) is 8.10. The molecule has 0 atom stereocenters. The van der Waals surface area contributed by atoms with Crippen LogP contribution in [0.2, 0.25) is 0 Å². The standard InChI is InChI=1S/C31H32F4/c1-3-5-24-16-17-25(29(33)28(24)32)15-10-21-8-13-23(14-9-21)27-19-18-26(30(34)31(27)35)22-11-6-20(4-2)7-12-22/h8-10,13-20,22H,3-7,11-12H2,1-2H3/b15-10+. The number of rotatable bonds is 7. The molecule has 0 aliphatic heterocycles. The van der Waals surface area contributed by atoms with Gasteiger partial charge in [0.2, 0.25) is 0 Å². The Hall–Kier alpha value is -2.88.